The summed E-state index contributed by atoms with van der Waals surface area (Å²) in [5.41, 5.74) is 1.81. The van der Waals surface area contributed by atoms with E-state index in [2.05, 4.69) is 20.6 Å². The van der Waals surface area contributed by atoms with Crippen LogP contribution in [0.1, 0.15) is 5.56 Å². The predicted octanol–water partition coefficient (Wildman–Crippen LogP) is 2.48. The van der Waals surface area contributed by atoms with Gasteiger partial charge in [-0.25, -0.2) is 4.98 Å². The number of nitro groups is 1. The van der Waals surface area contributed by atoms with E-state index in [1.807, 2.05) is 31.2 Å². The molecule has 0 bridgehead atoms. The molecule has 1 aromatic heterocycles. The van der Waals surface area contributed by atoms with Gasteiger partial charge in [-0.05, 0) is 19.1 Å². The number of anilines is 3. The fraction of sp³-hybridized carbons (Fsp3) is 0.167. The lowest BCUT2D eigenvalue weighted by Gasteiger charge is -2.06. The van der Waals surface area contributed by atoms with Gasteiger partial charge in [0.15, 0.2) is 0 Å². The van der Waals surface area contributed by atoms with Gasteiger partial charge in [0.05, 0.1) is 4.92 Å². The van der Waals surface area contributed by atoms with Gasteiger partial charge < -0.3 is 10.6 Å². The average molecular weight is 259 g/mol. The molecule has 1 aromatic carbocycles. The molecule has 0 aliphatic rings. The first-order valence-electron chi connectivity index (χ1n) is 5.63. The lowest BCUT2D eigenvalue weighted by molar-refractivity contribution is -0.384. The van der Waals surface area contributed by atoms with E-state index >= 15 is 0 Å². The third-order valence-electron chi connectivity index (χ3n) is 2.51. The van der Waals surface area contributed by atoms with E-state index in [1.165, 1.54) is 6.20 Å². The van der Waals surface area contributed by atoms with Crippen LogP contribution in [-0.2, 0) is 0 Å². The summed E-state index contributed by atoms with van der Waals surface area (Å²) in [6, 6.07) is 7.68. The van der Waals surface area contributed by atoms with Crippen LogP contribution in [-0.4, -0.2) is 21.9 Å². The van der Waals surface area contributed by atoms with E-state index in [0.717, 1.165) is 11.3 Å². The van der Waals surface area contributed by atoms with Crippen molar-refractivity contribution in [2.75, 3.05) is 17.7 Å². The van der Waals surface area contributed by atoms with Crippen molar-refractivity contribution in [2.45, 2.75) is 6.92 Å². The molecule has 0 aliphatic carbocycles. The molecule has 0 spiro atoms. The van der Waals surface area contributed by atoms with E-state index in [9.17, 15) is 10.1 Å². The lowest BCUT2D eigenvalue weighted by atomic mass is 10.2. The number of aromatic nitrogens is 2. The number of aryl methyl sites for hydroxylation is 1. The SMILES string of the molecule is CNc1nc(Nc2ccc(C)cc2)ncc1[N+](=O)[O-]. The first-order valence-corrected chi connectivity index (χ1v) is 5.63. The third kappa shape index (κ3) is 2.95. The van der Waals surface area contributed by atoms with Gasteiger partial charge in [0.25, 0.3) is 0 Å². The maximum absolute atomic E-state index is 10.8. The summed E-state index contributed by atoms with van der Waals surface area (Å²) in [6.45, 7) is 1.99. The maximum atomic E-state index is 10.8. The van der Waals surface area contributed by atoms with Crippen LogP contribution in [0.3, 0.4) is 0 Å². The summed E-state index contributed by atoms with van der Waals surface area (Å²) < 4.78 is 0. The van der Waals surface area contributed by atoms with E-state index < -0.39 is 4.92 Å². The molecule has 7 heteroatoms. The number of hydrogen-bond acceptors (Lipinski definition) is 6. The maximum Gasteiger partial charge on any atom is 0.329 e. The van der Waals surface area contributed by atoms with Gasteiger partial charge in [0.1, 0.15) is 6.20 Å². The van der Waals surface area contributed by atoms with E-state index in [0.29, 0.717) is 5.95 Å². The molecular weight excluding hydrogens is 246 g/mol. The zero-order chi connectivity index (χ0) is 13.8. The minimum absolute atomic E-state index is 0.156. The Morgan fingerprint density at radius 3 is 2.53 bits per heavy atom. The highest BCUT2D eigenvalue weighted by Crippen LogP contribution is 2.22. The summed E-state index contributed by atoms with van der Waals surface area (Å²) in [5, 5.41) is 16.4. The van der Waals surface area contributed by atoms with Gasteiger partial charge in [-0.1, -0.05) is 17.7 Å². The van der Waals surface area contributed by atoms with Crippen molar-refractivity contribution in [3.63, 3.8) is 0 Å². The molecule has 98 valence electrons. The summed E-state index contributed by atoms with van der Waals surface area (Å²) in [4.78, 5) is 18.2. The zero-order valence-corrected chi connectivity index (χ0v) is 10.5. The predicted molar refractivity (Wildman–Crippen MR) is 72.7 cm³/mol. The molecule has 2 rings (SSSR count). The second kappa shape index (κ2) is 5.30. The Labute approximate surface area is 109 Å². The van der Waals surface area contributed by atoms with Crippen molar-refractivity contribution < 1.29 is 4.92 Å². The van der Waals surface area contributed by atoms with Gasteiger partial charge in [0, 0.05) is 12.7 Å². The van der Waals surface area contributed by atoms with Gasteiger partial charge in [-0.2, -0.15) is 4.98 Å². The van der Waals surface area contributed by atoms with E-state index in [-0.39, 0.29) is 11.5 Å². The van der Waals surface area contributed by atoms with E-state index in [4.69, 9.17) is 0 Å². The van der Waals surface area contributed by atoms with Crippen LogP contribution in [0.15, 0.2) is 30.5 Å². The van der Waals surface area contributed by atoms with Crippen molar-refractivity contribution in [3.05, 3.63) is 46.1 Å². The first kappa shape index (κ1) is 12.7. The molecule has 7 nitrogen and oxygen atoms in total. The Morgan fingerprint density at radius 1 is 1.26 bits per heavy atom. The van der Waals surface area contributed by atoms with Crippen molar-refractivity contribution in [1.29, 1.82) is 0 Å². The topological polar surface area (TPSA) is 93.0 Å². The number of rotatable bonds is 4. The fourth-order valence-corrected chi connectivity index (χ4v) is 1.52. The fourth-order valence-electron chi connectivity index (χ4n) is 1.52. The molecule has 0 unspecified atom stereocenters. The Kier molecular flexibility index (Phi) is 3.56. The molecule has 19 heavy (non-hydrogen) atoms. The molecule has 0 radical (unpaired) electrons. The van der Waals surface area contributed by atoms with Crippen molar-refractivity contribution in [1.82, 2.24) is 9.97 Å². The second-order valence-corrected chi connectivity index (χ2v) is 3.93. The van der Waals surface area contributed by atoms with Crippen molar-refractivity contribution in [3.8, 4) is 0 Å². The summed E-state index contributed by atoms with van der Waals surface area (Å²) >= 11 is 0. The van der Waals surface area contributed by atoms with Crippen LogP contribution in [0, 0.1) is 17.0 Å². The van der Waals surface area contributed by atoms with Crippen LogP contribution in [0.4, 0.5) is 23.1 Å². The van der Waals surface area contributed by atoms with Gasteiger partial charge in [-0.3, -0.25) is 10.1 Å². The van der Waals surface area contributed by atoms with Crippen molar-refractivity contribution >= 4 is 23.1 Å². The van der Waals surface area contributed by atoms with Crippen LogP contribution in [0.2, 0.25) is 0 Å². The molecule has 0 fully saturated rings. The van der Waals surface area contributed by atoms with Crippen LogP contribution < -0.4 is 10.6 Å². The molecule has 2 N–H and O–H groups in total. The second-order valence-electron chi connectivity index (χ2n) is 3.93. The Bertz CT molecular complexity index is 598. The molecule has 2 aromatic rings. The normalized spacial score (nSPS) is 10.0. The monoisotopic (exact) mass is 259 g/mol. The third-order valence-corrected chi connectivity index (χ3v) is 2.51. The highest BCUT2D eigenvalue weighted by molar-refractivity contribution is 5.60. The summed E-state index contributed by atoms with van der Waals surface area (Å²) in [5.74, 6) is 0.480. The van der Waals surface area contributed by atoms with Crippen molar-refractivity contribution in [2.24, 2.45) is 0 Å². The van der Waals surface area contributed by atoms with Crippen LogP contribution >= 0.6 is 0 Å². The molecular formula is C12H13N5O2. The molecule has 0 saturated heterocycles. The van der Waals surface area contributed by atoms with E-state index in [1.54, 1.807) is 7.05 Å². The summed E-state index contributed by atoms with van der Waals surface area (Å²) in [6.07, 6.45) is 1.18. The first-order chi connectivity index (χ1) is 9.10. The molecule has 0 saturated carbocycles. The highest BCUT2D eigenvalue weighted by atomic mass is 16.6. The highest BCUT2D eigenvalue weighted by Gasteiger charge is 2.15. The smallest absolute Gasteiger partial charge is 0.329 e. The molecule has 0 amide bonds. The standard InChI is InChI=1S/C12H13N5O2/c1-8-3-5-9(6-4-8)15-12-14-7-10(17(18)19)11(13-2)16-12/h3-7H,1-2H3,(H2,13,14,15,16). The quantitative estimate of drug-likeness (QED) is 0.647. The number of benzene rings is 1. The Morgan fingerprint density at radius 2 is 1.95 bits per heavy atom. The Balaban J connectivity index is 2.26. The van der Waals surface area contributed by atoms with Gasteiger partial charge >= 0.3 is 5.69 Å². The van der Waals surface area contributed by atoms with Gasteiger partial charge in [0.2, 0.25) is 11.8 Å². The van der Waals surface area contributed by atoms with Crippen LogP contribution in [0.25, 0.3) is 0 Å². The molecule has 1 heterocycles. The number of hydrogen-bond donors (Lipinski definition) is 2. The van der Waals surface area contributed by atoms with Crippen LogP contribution in [0.5, 0.6) is 0 Å². The molecule has 0 aliphatic heterocycles. The Hall–Kier alpha value is -2.70. The van der Waals surface area contributed by atoms with Gasteiger partial charge in [-0.15, -0.1) is 0 Å². The largest absolute Gasteiger partial charge is 0.367 e. The number of nitrogens with zero attached hydrogens (tertiary/aromatic N) is 3. The average Bonchev–Trinajstić information content (AvgIpc) is 2.41. The zero-order valence-electron chi connectivity index (χ0n) is 10.5. The summed E-state index contributed by atoms with van der Waals surface area (Å²) in [7, 11) is 1.57. The lowest BCUT2D eigenvalue weighted by Crippen LogP contribution is -2.04. The minimum atomic E-state index is -0.526. The number of nitrogens with one attached hydrogen (secondary N) is 2. The minimum Gasteiger partial charge on any atom is -0.367 e. The molecule has 0 atom stereocenters.